The predicted octanol–water partition coefficient (Wildman–Crippen LogP) is 5.72. The number of carbonyl (C=O) groups is 1. The van der Waals surface area contributed by atoms with Gasteiger partial charge in [-0.1, -0.05) is 18.2 Å². The molecule has 0 atom stereocenters. The first-order chi connectivity index (χ1) is 18.2. The van der Waals surface area contributed by atoms with Gasteiger partial charge in [-0.25, -0.2) is 4.98 Å². The van der Waals surface area contributed by atoms with Gasteiger partial charge in [0, 0.05) is 42.6 Å². The van der Waals surface area contributed by atoms with E-state index in [2.05, 4.69) is 20.1 Å². The molecule has 198 valence electrons. The molecular weight excluding hydrogens is 491 g/mol. The molecule has 0 spiro atoms. The highest BCUT2D eigenvalue weighted by molar-refractivity contribution is 6.05. The summed E-state index contributed by atoms with van der Waals surface area (Å²) in [7, 11) is 2.02. The fourth-order valence-corrected chi connectivity index (χ4v) is 4.93. The number of imidazole rings is 1. The van der Waals surface area contributed by atoms with Crippen molar-refractivity contribution in [2.75, 3.05) is 38.5 Å². The van der Waals surface area contributed by atoms with Gasteiger partial charge in [0.15, 0.2) is 0 Å². The van der Waals surface area contributed by atoms with Gasteiger partial charge in [0.05, 0.1) is 17.5 Å². The highest BCUT2D eigenvalue weighted by Crippen LogP contribution is 2.35. The van der Waals surface area contributed by atoms with Gasteiger partial charge in [0.1, 0.15) is 5.65 Å². The number of aryl methyl sites for hydroxylation is 1. The van der Waals surface area contributed by atoms with Crippen molar-refractivity contribution in [3.63, 3.8) is 0 Å². The average Bonchev–Trinajstić information content (AvgIpc) is 3.20. The zero-order chi connectivity index (χ0) is 26.9. The Morgan fingerprint density at radius 2 is 1.87 bits per heavy atom. The van der Waals surface area contributed by atoms with Gasteiger partial charge in [0.25, 0.3) is 5.91 Å². The van der Waals surface area contributed by atoms with Crippen LogP contribution in [-0.2, 0) is 12.7 Å². The van der Waals surface area contributed by atoms with E-state index in [9.17, 15) is 18.0 Å². The van der Waals surface area contributed by atoms with E-state index in [0.717, 1.165) is 54.6 Å². The van der Waals surface area contributed by atoms with Gasteiger partial charge in [-0.15, -0.1) is 0 Å². The number of carbonyl (C=O) groups excluding carboxylic acids is 1. The third-order valence-corrected chi connectivity index (χ3v) is 7.07. The Kier molecular flexibility index (Phi) is 7.23. The second-order valence-electron chi connectivity index (χ2n) is 9.86. The van der Waals surface area contributed by atoms with Gasteiger partial charge >= 0.3 is 6.18 Å². The molecule has 5 rings (SSSR count). The second kappa shape index (κ2) is 10.6. The molecule has 6 nitrogen and oxygen atoms in total. The van der Waals surface area contributed by atoms with E-state index in [-0.39, 0.29) is 17.8 Å². The summed E-state index contributed by atoms with van der Waals surface area (Å²) >= 11 is 0. The largest absolute Gasteiger partial charge is 0.416 e. The summed E-state index contributed by atoms with van der Waals surface area (Å²) in [5.41, 5.74) is 3.34. The lowest BCUT2D eigenvalue weighted by Gasteiger charge is -2.23. The van der Waals surface area contributed by atoms with E-state index < -0.39 is 17.6 Å². The Morgan fingerprint density at radius 3 is 2.68 bits per heavy atom. The fourth-order valence-electron chi connectivity index (χ4n) is 4.93. The minimum Gasteiger partial charge on any atom is -0.322 e. The number of halogens is 3. The first-order valence-corrected chi connectivity index (χ1v) is 12.6. The summed E-state index contributed by atoms with van der Waals surface area (Å²) in [5.74, 6) is -0.475. The van der Waals surface area contributed by atoms with Crippen molar-refractivity contribution < 1.29 is 18.0 Å². The maximum absolute atomic E-state index is 14.0. The first kappa shape index (κ1) is 25.9. The zero-order valence-corrected chi connectivity index (χ0v) is 21.4. The number of hydrogen-bond donors (Lipinski definition) is 1. The van der Waals surface area contributed by atoms with E-state index in [0.29, 0.717) is 12.1 Å². The highest BCUT2D eigenvalue weighted by Gasteiger charge is 2.34. The lowest BCUT2D eigenvalue weighted by Crippen LogP contribution is -2.29. The van der Waals surface area contributed by atoms with Crippen molar-refractivity contribution in [2.24, 2.45) is 0 Å². The number of fused-ring (bicyclic) bond motifs is 1. The highest BCUT2D eigenvalue weighted by atomic mass is 19.4. The van der Waals surface area contributed by atoms with Crippen molar-refractivity contribution in [1.82, 2.24) is 19.2 Å². The predicted molar refractivity (Wildman–Crippen MR) is 142 cm³/mol. The molecule has 0 radical (unpaired) electrons. The van der Waals surface area contributed by atoms with Crippen molar-refractivity contribution in [3.8, 4) is 11.3 Å². The number of nitrogens with zero attached hydrogens (tertiary/aromatic N) is 4. The zero-order valence-electron chi connectivity index (χ0n) is 21.4. The van der Waals surface area contributed by atoms with E-state index in [1.165, 1.54) is 6.07 Å². The molecule has 4 aromatic rings. The lowest BCUT2D eigenvalue weighted by molar-refractivity contribution is -0.138. The van der Waals surface area contributed by atoms with Crippen molar-refractivity contribution >= 4 is 17.2 Å². The molecule has 1 aliphatic rings. The number of amides is 1. The van der Waals surface area contributed by atoms with Crippen LogP contribution in [0.3, 0.4) is 0 Å². The Morgan fingerprint density at radius 1 is 1.03 bits per heavy atom. The van der Waals surface area contributed by atoms with Gasteiger partial charge in [0.2, 0.25) is 0 Å². The molecule has 1 aliphatic heterocycles. The van der Waals surface area contributed by atoms with Crippen LogP contribution >= 0.6 is 0 Å². The van der Waals surface area contributed by atoms with Crippen LogP contribution in [0.4, 0.5) is 18.9 Å². The standard InChI is InChI=1S/C29H30F3N5O/c1-20-7-8-21(16-24(20)26-18-33-27-6-3-4-13-37(26)27)28(38)34-23-10-9-22(25(17-23)29(30,31)32)19-36-12-5-11-35(2)14-15-36/h3-4,6-10,13,16-18H,5,11-12,14-15,19H2,1-2H3,(H,34,38). The molecule has 1 amide bonds. The van der Waals surface area contributed by atoms with E-state index in [1.54, 1.807) is 24.4 Å². The average molecular weight is 522 g/mol. The Bertz CT molecular complexity index is 1460. The molecule has 1 N–H and O–H groups in total. The van der Waals surface area contributed by atoms with Crippen molar-refractivity contribution in [2.45, 2.75) is 26.1 Å². The summed E-state index contributed by atoms with van der Waals surface area (Å²) in [6.45, 7) is 5.39. The molecule has 2 aromatic carbocycles. The molecule has 38 heavy (non-hydrogen) atoms. The molecule has 1 saturated heterocycles. The molecule has 0 bridgehead atoms. The Balaban J connectivity index is 1.39. The maximum atomic E-state index is 14.0. The van der Waals surface area contributed by atoms with Crippen LogP contribution in [0.5, 0.6) is 0 Å². The number of aromatic nitrogens is 2. The monoisotopic (exact) mass is 521 g/mol. The topological polar surface area (TPSA) is 52.9 Å². The Labute approximate surface area is 219 Å². The molecule has 1 fully saturated rings. The maximum Gasteiger partial charge on any atom is 0.416 e. The number of likely N-dealkylation sites (N-methyl/N-ethyl adjacent to an activating group) is 1. The van der Waals surface area contributed by atoms with E-state index in [1.807, 2.05) is 48.8 Å². The summed E-state index contributed by atoms with van der Waals surface area (Å²) in [6.07, 6.45) is 0.0302. The SMILES string of the molecule is Cc1ccc(C(=O)Nc2ccc(CN3CCCN(C)CC3)c(C(F)(F)F)c2)cc1-c1cnc2ccccn12. The van der Waals surface area contributed by atoms with Crippen molar-refractivity contribution in [1.29, 1.82) is 0 Å². The van der Waals surface area contributed by atoms with Crippen LogP contribution in [0, 0.1) is 6.92 Å². The van der Waals surface area contributed by atoms with Crippen molar-refractivity contribution in [3.05, 3.63) is 89.2 Å². The number of hydrogen-bond acceptors (Lipinski definition) is 4. The van der Waals surface area contributed by atoms with E-state index >= 15 is 0 Å². The first-order valence-electron chi connectivity index (χ1n) is 12.6. The number of benzene rings is 2. The molecule has 3 heterocycles. The van der Waals surface area contributed by atoms with Crippen LogP contribution in [0.1, 0.15) is 33.5 Å². The van der Waals surface area contributed by atoms with Crippen LogP contribution in [0.2, 0.25) is 0 Å². The lowest BCUT2D eigenvalue weighted by atomic mass is 10.0. The van der Waals surface area contributed by atoms with Crippen LogP contribution < -0.4 is 5.32 Å². The molecule has 9 heteroatoms. The summed E-state index contributed by atoms with van der Waals surface area (Å²) < 4.78 is 44.0. The van der Waals surface area contributed by atoms with Gasteiger partial charge in [-0.05, 0) is 81.0 Å². The summed E-state index contributed by atoms with van der Waals surface area (Å²) in [5, 5.41) is 2.66. The van der Waals surface area contributed by atoms with Gasteiger partial charge in [-0.2, -0.15) is 13.2 Å². The minimum absolute atomic E-state index is 0.110. The normalized spacial score (nSPS) is 15.5. The number of pyridine rings is 1. The molecule has 0 unspecified atom stereocenters. The fraction of sp³-hybridized carbons (Fsp3) is 0.310. The Hall–Kier alpha value is -3.69. The third-order valence-electron chi connectivity index (χ3n) is 7.07. The quantitative estimate of drug-likeness (QED) is 0.365. The number of anilines is 1. The van der Waals surface area contributed by atoms with E-state index in [4.69, 9.17) is 0 Å². The minimum atomic E-state index is -4.53. The molecular formula is C29H30F3N5O. The van der Waals surface area contributed by atoms with Crippen LogP contribution in [0.15, 0.2) is 67.0 Å². The third kappa shape index (κ3) is 5.58. The molecule has 2 aromatic heterocycles. The van der Waals surface area contributed by atoms with Crippen LogP contribution in [-0.4, -0.2) is 58.3 Å². The summed E-state index contributed by atoms with van der Waals surface area (Å²) in [6, 6.07) is 15.0. The van der Waals surface area contributed by atoms with Gasteiger partial charge < -0.3 is 10.2 Å². The molecule has 0 aliphatic carbocycles. The molecule has 0 saturated carbocycles. The summed E-state index contributed by atoms with van der Waals surface area (Å²) in [4.78, 5) is 21.8. The number of alkyl halides is 3. The smallest absolute Gasteiger partial charge is 0.322 e. The second-order valence-corrected chi connectivity index (χ2v) is 9.86. The number of nitrogens with one attached hydrogen (secondary N) is 1. The number of rotatable bonds is 5. The van der Waals surface area contributed by atoms with Gasteiger partial charge in [-0.3, -0.25) is 14.1 Å². The van der Waals surface area contributed by atoms with Crippen LogP contribution in [0.25, 0.3) is 16.9 Å².